The summed E-state index contributed by atoms with van der Waals surface area (Å²) in [5.74, 6) is 0. The van der Waals surface area contributed by atoms with E-state index in [1.54, 1.807) is 11.3 Å². The lowest BCUT2D eigenvalue weighted by Crippen LogP contribution is -2.51. The smallest absolute Gasteiger partial charge is 0.204 e. The second kappa shape index (κ2) is 4.21. The van der Waals surface area contributed by atoms with Gasteiger partial charge >= 0.3 is 0 Å². The average Bonchev–Trinajstić information content (AvgIpc) is 3.06. The Morgan fingerprint density at radius 2 is 1.95 bits per heavy atom. The van der Waals surface area contributed by atoms with Crippen molar-refractivity contribution in [1.82, 2.24) is 4.90 Å². The molecule has 1 atom stereocenters. The summed E-state index contributed by atoms with van der Waals surface area (Å²) in [6, 6.07) is 12.9. The van der Waals surface area contributed by atoms with Crippen LogP contribution in [0.15, 0.2) is 47.5 Å². The maximum Gasteiger partial charge on any atom is 0.204 e. The number of ether oxygens (including phenoxy) is 1. The van der Waals surface area contributed by atoms with Crippen molar-refractivity contribution in [3.8, 4) is 0 Å². The van der Waals surface area contributed by atoms with Crippen LogP contribution >= 0.6 is 11.3 Å². The fourth-order valence-corrected chi connectivity index (χ4v) is 4.65. The highest BCUT2D eigenvalue weighted by Crippen LogP contribution is 2.53. The number of hydrogen-bond donors (Lipinski definition) is 0. The van der Waals surface area contributed by atoms with Gasteiger partial charge < -0.3 is 9.64 Å². The molecule has 3 heteroatoms. The molecule has 3 heterocycles. The number of nitrogens with zero attached hydrogens (tertiary/aromatic N) is 1. The van der Waals surface area contributed by atoms with Crippen LogP contribution in [0, 0.1) is 0 Å². The lowest BCUT2D eigenvalue weighted by molar-refractivity contribution is -0.0411. The number of benzene rings is 1. The molecule has 0 radical (unpaired) electrons. The predicted molar refractivity (Wildman–Crippen MR) is 87.1 cm³/mol. The fraction of sp³-hybridized carbons (Fsp3) is 0.333. The third kappa shape index (κ3) is 1.62. The van der Waals surface area contributed by atoms with E-state index in [9.17, 15) is 0 Å². The molecule has 0 saturated carbocycles. The van der Waals surface area contributed by atoms with Crippen LogP contribution in [-0.4, -0.2) is 17.0 Å². The van der Waals surface area contributed by atoms with Crippen molar-refractivity contribution in [3.63, 3.8) is 0 Å². The SMILES string of the molecule is CC1=Cc2ccccc2C2(c3cccs3)OCC(C)(C)N12. The Morgan fingerprint density at radius 3 is 2.71 bits per heavy atom. The molecule has 1 aromatic heterocycles. The summed E-state index contributed by atoms with van der Waals surface area (Å²) in [7, 11) is 0. The van der Waals surface area contributed by atoms with E-state index < -0.39 is 5.72 Å². The topological polar surface area (TPSA) is 12.5 Å². The van der Waals surface area contributed by atoms with Gasteiger partial charge in [-0.3, -0.25) is 0 Å². The maximum atomic E-state index is 6.50. The van der Waals surface area contributed by atoms with E-state index in [4.69, 9.17) is 4.74 Å². The Bertz CT molecular complexity index is 717. The molecule has 2 aromatic rings. The van der Waals surface area contributed by atoms with Crippen LogP contribution in [0.25, 0.3) is 6.08 Å². The summed E-state index contributed by atoms with van der Waals surface area (Å²) in [6.07, 6.45) is 2.28. The van der Waals surface area contributed by atoms with Crippen LogP contribution < -0.4 is 0 Å². The molecule has 4 rings (SSSR count). The van der Waals surface area contributed by atoms with Gasteiger partial charge in [0.15, 0.2) is 0 Å². The Labute approximate surface area is 129 Å². The molecular formula is C18H19NOS. The van der Waals surface area contributed by atoms with Crippen LogP contribution in [0.1, 0.15) is 36.8 Å². The number of rotatable bonds is 1. The van der Waals surface area contributed by atoms with Gasteiger partial charge in [0, 0.05) is 11.3 Å². The molecule has 1 fully saturated rings. The van der Waals surface area contributed by atoms with E-state index in [-0.39, 0.29) is 5.54 Å². The molecule has 1 aromatic carbocycles. The number of fused-ring (bicyclic) bond motifs is 3. The number of allylic oxidation sites excluding steroid dienone is 1. The Kier molecular flexibility index (Phi) is 2.63. The monoisotopic (exact) mass is 297 g/mol. The highest BCUT2D eigenvalue weighted by Gasteiger charge is 2.56. The molecule has 2 aliphatic rings. The normalized spacial score (nSPS) is 26.2. The largest absolute Gasteiger partial charge is 0.344 e. The fourth-order valence-electron chi connectivity index (χ4n) is 3.77. The molecule has 21 heavy (non-hydrogen) atoms. The predicted octanol–water partition coefficient (Wildman–Crippen LogP) is 4.43. The second-order valence-electron chi connectivity index (χ2n) is 6.43. The van der Waals surface area contributed by atoms with Gasteiger partial charge in [0.05, 0.1) is 17.0 Å². The first-order valence-corrected chi connectivity index (χ1v) is 8.20. The van der Waals surface area contributed by atoms with E-state index in [0.29, 0.717) is 0 Å². The molecular weight excluding hydrogens is 278 g/mol. The first-order valence-electron chi connectivity index (χ1n) is 7.32. The van der Waals surface area contributed by atoms with Gasteiger partial charge in [0.1, 0.15) is 0 Å². The second-order valence-corrected chi connectivity index (χ2v) is 7.38. The molecule has 2 aliphatic heterocycles. The lowest BCUT2D eigenvalue weighted by Gasteiger charge is -2.47. The molecule has 1 unspecified atom stereocenters. The molecule has 0 aliphatic carbocycles. The van der Waals surface area contributed by atoms with Gasteiger partial charge in [0.2, 0.25) is 5.72 Å². The summed E-state index contributed by atoms with van der Waals surface area (Å²) < 4.78 is 6.50. The zero-order valence-electron chi connectivity index (χ0n) is 12.6. The first-order chi connectivity index (χ1) is 10.1. The van der Waals surface area contributed by atoms with Gasteiger partial charge in [0.25, 0.3) is 0 Å². The van der Waals surface area contributed by atoms with E-state index in [0.717, 1.165) is 6.61 Å². The van der Waals surface area contributed by atoms with Crippen molar-refractivity contribution in [2.45, 2.75) is 32.0 Å². The minimum Gasteiger partial charge on any atom is -0.344 e. The van der Waals surface area contributed by atoms with Crippen molar-refractivity contribution in [1.29, 1.82) is 0 Å². The first kappa shape index (κ1) is 13.1. The standard InChI is InChI=1S/C18H19NOS/c1-13-11-14-7-4-5-8-15(14)18(16-9-6-10-21-16)19(13)17(2,3)12-20-18/h4-11H,12H2,1-3H3. The summed E-state index contributed by atoms with van der Waals surface area (Å²) in [6.45, 7) is 7.43. The molecule has 0 spiro atoms. The van der Waals surface area contributed by atoms with Gasteiger partial charge in [-0.1, -0.05) is 30.3 Å². The van der Waals surface area contributed by atoms with E-state index in [1.807, 2.05) is 0 Å². The third-order valence-corrected chi connectivity index (χ3v) is 5.41. The summed E-state index contributed by atoms with van der Waals surface area (Å²) in [5, 5.41) is 2.13. The summed E-state index contributed by atoms with van der Waals surface area (Å²) >= 11 is 1.77. The van der Waals surface area contributed by atoms with Gasteiger partial charge in [-0.05, 0) is 43.9 Å². The van der Waals surface area contributed by atoms with Gasteiger partial charge in [-0.25, -0.2) is 0 Å². The Hall–Kier alpha value is -1.58. The molecule has 0 amide bonds. The Balaban J connectivity index is 2.06. The highest BCUT2D eigenvalue weighted by atomic mass is 32.1. The number of thiophene rings is 1. The van der Waals surface area contributed by atoms with Crippen LogP contribution in [0.3, 0.4) is 0 Å². The molecule has 0 N–H and O–H groups in total. The molecule has 2 nitrogen and oxygen atoms in total. The highest BCUT2D eigenvalue weighted by molar-refractivity contribution is 7.10. The Morgan fingerprint density at radius 1 is 1.14 bits per heavy atom. The van der Waals surface area contributed by atoms with Gasteiger partial charge in [-0.2, -0.15) is 0 Å². The van der Waals surface area contributed by atoms with Crippen LogP contribution in [0.5, 0.6) is 0 Å². The number of hydrogen-bond acceptors (Lipinski definition) is 3. The van der Waals surface area contributed by atoms with Crippen molar-refractivity contribution < 1.29 is 4.74 Å². The summed E-state index contributed by atoms with van der Waals surface area (Å²) in [5.41, 5.74) is 3.30. The third-order valence-electron chi connectivity index (χ3n) is 4.45. The quantitative estimate of drug-likeness (QED) is 0.772. The van der Waals surface area contributed by atoms with Crippen molar-refractivity contribution >= 4 is 17.4 Å². The van der Waals surface area contributed by atoms with E-state index in [1.165, 1.54) is 21.7 Å². The average molecular weight is 297 g/mol. The van der Waals surface area contributed by atoms with Crippen LogP contribution in [0.4, 0.5) is 0 Å². The zero-order chi connectivity index (χ0) is 14.7. The van der Waals surface area contributed by atoms with E-state index in [2.05, 4.69) is 73.5 Å². The van der Waals surface area contributed by atoms with Crippen molar-refractivity contribution in [3.05, 3.63) is 63.5 Å². The van der Waals surface area contributed by atoms with Crippen LogP contribution in [-0.2, 0) is 10.5 Å². The zero-order valence-corrected chi connectivity index (χ0v) is 13.4. The van der Waals surface area contributed by atoms with Crippen molar-refractivity contribution in [2.24, 2.45) is 0 Å². The van der Waals surface area contributed by atoms with Gasteiger partial charge in [-0.15, -0.1) is 11.3 Å². The molecule has 1 saturated heterocycles. The molecule has 108 valence electrons. The minimum atomic E-state index is -0.465. The van der Waals surface area contributed by atoms with Crippen molar-refractivity contribution in [2.75, 3.05) is 6.61 Å². The lowest BCUT2D eigenvalue weighted by atomic mass is 9.87. The van der Waals surface area contributed by atoms with Crippen LogP contribution in [0.2, 0.25) is 0 Å². The maximum absolute atomic E-state index is 6.50. The van der Waals surface area contributed by atoms with E-state index >= 15 is 0 Å². The summed E-state index contributed by atoms with van der Waals surface area (Å²) in [4.78, 5) is 3.71. The minimum absolute atomic E-state index is 0.0158. The molecule has 0 bridgehead atoms.